The Kier molecular flexibility index (Phi) is 6.84. The minimum atomic E-state index is -3.80. The molecule has 3 rings (SSSR count). The molecule has 1 aromatic heterocycles. The van der Waals surface area contributed by atoms with Crippen molar-refractivity contribution >= 4 is 59.9 Å². The number of thiazole rings is 1. The number of benzene rings is 2. The van der Waals surface area contributed by atoms with Crippen molar-refractivity contribution in [1.29, 1.82) is 0 Å². The summed E-state index contributed by atoms with van der Waals surface area (Å²) < 4.78 is 22.8. The Bertz CT molecular complexity index is 1250. The van der Waals surface area contributed by atoms with Gasteiger partial charge in [0, 0.05) is 41.0 Å². The van der Waals surface area contributed by atoms with E-state index in [1.807, 2.05) is 0 Å². The van der Waals surface area contributed by atoms with E-state index in [9.17, 15) is 23.3 Å². The largest absolute Gasteiger partial charge is 0.302 e. The Balaban J connectivity index is 1.87. The van der Waals surface area contributed by atoms with E-state index in [1.54, 1.807) is 36.4 Å². The van der Waals surface area contributed by atoms with E-state index in [1.165, 1.54) is 42.5 Å². The third-order valence-electron chi connectivity index (χ3n) is 4.12. The van der Waals surface area contributed by atoms with E-state index in [0.29, 0.717) is 17.2 Å². The monoisotopic (exact) mass is 477 g/mol. The summed E-state index contributed by atoms with van der Waals surface area (Å²) in [6.07, 6.45) is 3.98. The lowest BCUT2D eigenvalue weighted by molar-refractivity contribution is -0.384. The number of carbonyl (C=O) groups is 1. The Morgan fingerprint density at radius 3 is 2.35 bits per heavy atom. The van der Waals surface area contributed by atoms with E-state index < -0.39 is 14.0 Å². The molecule has 2 aromatic carbocycles. The van der Waals surface area contributed by atoms with Gasteiger partial charge in [0.2, 0.25) is 5.91 Å². The van der Waals surface area contributed by atoms with Crippen molar-refractivity contribution in [2.75, 3.05) is 5.32 Å². The minimum absolute atomic E-state index is 0.00171. The van der Waals surface area contributed by atoms with E-state index in [-0.39, 0.29) is 16.5 Å². The SMILES string of the molecule is CC(=O)Nc1nc(C=Cc2ccc([N+](=O)[O-])cc2)c(Cc2ccc(S(=O)(=O)Cl)cc2)s1. The van der Waals surface area contributed by atoms with Gasteiger partial charge in [-0.3, -0.25) is 14.9 Å². The summed E-state index contributed by atoms with van der Waals surface area (Å²) in [6.45, 7) is 1.39. The number of halogens is 1. The highest BCUT2D eigenvalue weighted by molar-refractivity contribution is 8.13. The molecule has 0 radical (unpaired) electrons. The maximum absolute atomic E-state index is 11.4. The average Bonchev–Trinajstić information content (AvgIpc) is 3.06. The van der Waals surface area contributed by atoms with Crippen LogP contribution in [0.2, 0.25) is 0 Å². The van der Waals surface area contributed by atoms with Gasteiger partial charge in [0.1, 0.15) is 0 Å². The smallest absolute Gasteiger partial charge is 0.269 e. The van der Waals surface area contributed by atoms with Crippen LogP contribution in [0.1, 0.15) is 28.6 Å². The second-order valence-corrected chi connectivity index (χ2v) is 10.1. The zero-order valence-electron chi connectivity index (χ0n) is 16.1. The molecule has 3 aromatic rings. The van der Waals surface area contributed by atoms with Crippen molar-refractivity contribution in [1.82, 2.24) is 4.98 Å². The zero-order valence-corrected chi connectivity index (χ0v) is 18.5. The van der Waals surface area contributed by atoms with Crippen molar-refractivity contribution in [2.24, 2.45) is 0 Å². The summed E-state index contributed by atoms with van der Waals surface area (Å²) in [7, 11) is 1.56. The Hall–Kier alpha value is -3.08. The van der Waals surface area contributed by atoms with Gasteiger partial charge >= 0.3 is 0 Å². The summed E-state index contributed by atoms with van der Waals surface area (Å²) in [5, 5.41) is 13.9. The van der Waals surface area contributed by atoms with Gasteiger partial charge in [0.25, 0.3) is 14.7 Å². The second-order valence-electron chi connectivity index (χ2n) is 6.45. The topological polar surface area (TPSA) is 119 Å². The molecule has 31 heavy (non-hydrogen) atoms. The van der Waals surface area contributed by atoms with E-state index in [0.717, 1.165) is 16.0 Å². The summed E-state index contributed by atoms with van der Waals surface area (Å²) in [6, 6.07) is 12.3. The number of hydrogen-bond donors (Lipinski definition) is 1. The predicted molar refractivity (Wildman–Crippen MR) is 121 cm³/mol. The number of nitrogens with one attached hydrogen (secondary N) is 1. The number of non-ortho nitro benzene ring substituents is 1. The Labute approximate surface area is 186 Å². The molecule has 0 atom stereocenters. The van der Waals surface area contributed by atoms with E-state index in [4.69, 9.17) is 10.7 Å². The number of anilines is 1. The van der Waals surface area contributed by atoms with Crippen LogP contribution in [0.4, 0.5) is 10.8 Å². The molecule has 0 saturated heterocycles. The molecular weight excluding hydrogens is 462 g/mol. The molecule has 0 spiro atoms. The lowest BCUT2D eigenvalue weighted by Crippen LogP contribution is -2.04. The fraction of sp³-hybridized carbons (Fsp3) is 0.100. The molecule has 1 N–H and O–H groups in total. The summed E-state index contributed by atoms with van der Waals surface area (Å²) in [5.74, 6) is -0.247. The third-order valence-corrected chi connectivity index (χ3v) is 6.47. The van der Waals surface area contributed by atoms with Gasteiger partial charge in [0.15, 0.2) is 5.13 Å². The number of nitrogens with zero attached hydrogens (tertiary/aromatic N) is 2. The maximum Gasteiger partial charge on any atom is 0.269 e. The molecule has 1 amide bonds. The van der Waals surface area contributed by atoms with Crippen LogP contribution in [0, 0.1) is 10.1 Å². The van der Waals surface area contributed by atoms with Crippen LogP contribution < -0.4 is 5.32 Å². The molecule has 0 aliphatic heterocycles. The number of carbonyl (C=O) groups excluding carboxylic acids is 1. The first-order valence-electron chi connectivity index (χ1n) is 8.85. The molecule has 0 bridgehead atoms. The Morgan fingerprint density at radius 1 is 1.16 bits per heavy atom. The highest BCUT2D eigenvalue weighted by Gasteiger charge is 2.13. The fourth-order valence-electron chi connectivity index (χ4n) is 2.66. The molecule has 11 heteroatoms. The van der Waals surface area contributed by atoms with Gasteiger partial charge in [-0.15, -0.1) is 11.3 Å². The van der Waals surface area contributed by atoms with Crippen molar-refractivity contribution < 1.29 is 18.1 Å². The van der Waals surface area contributed by atoms with Crippen LogP contribution in [-0.4, -0.2) is 24.2 Å². The molecule has 0 saturated carbocycles. The number of hydrogen-bond acceptors (Lipinski definition) is 7. The molecule has 0 aliphatic carbocycles. The van der Waals surface area contributed by atoms with Crippen LogP contribution in [0.15, 0.2) is 53.4 Å². The molecule has 0 fully saturated rings. The molecule has 160 valence electrons. The average molecular weight is 478 g/mol. The van der Waals surface area contributed by atoms with Gasteiger partial charge in [-0.25, -0.2) is 13.4 Å². The highest BCUT2D eigenvalue weighted by atomic mass is 35.7. The van der Waals surface area contributed by atoms with E-state index in [2.05, 4.69) is 10.3 Å². The van der Waals surface area contributed by atoms with Crippen molar-refractivity contribution in [3.63, 3.8) is 0 Å². The normalized spacial score (nSPS) is 11.5. The Morgan fingerprint density at radius 2 is 1.81 bits per heavy atom. The van der Waals surface area contributed by atoms with Gasteiger partial charge in [0.05, 0.1) is 15.5 Å². The number of nitro benzene ring substituents is 1. The molecular formula is C20H16ClN3O5S2. The van der Waals surface area contributed by atoms with Crippen molar-refractivity contribution in [3.05, 3.63) is 80.3 Å². The molecule has 1 heterocycles. The lowest BCUT2D eigenvalue weighted by Gasteiger charge is -2.02. The van der Waals surface area contributed by atoms with Gasteiger partial charge in [-0.2, -0.15) is 0 Å². The van der Waals surface area contributed by atoms with Crippen LogP contribution >= 0.6 is 22.0 Å². The first kappa shape index (κ1) is 22.6. The molecule has 0 aliphatic rings. The number of amides is 1. The fourth-order valence-corrected chi connectivity index (χ4v) is 4.46. The predicted octanol–water partition coefficient (Wildman–Crippen LogP) is 4.70. The maximum atomic E-state index is 11.4. The first-order chi connectivity index (χ1) is 14.6. The summed E-state index contributed by atoms with van der Waals surface area (Å²) in [4.78, 5) is 27.0. The highest BCUT2D eigenvalue weighted by Crippen LogP contribution is 2.28. The minimum Gasteiger partial charge on any atom is -0.302 e. The van der Waals surface area contributed by atoms with Gasteiger partial charge in [-0.1, -0.05) is 18.2 Å². The molecule has 0 unspecified atom stereocenters. The number of nitro groups is 1. The quantitative estimate of drug-likeness (QED) is 0.299. The van der Waals surface area contributed by atoms with Crippen LogP contribution in [0.5, 0.6) is 0 Å². The zero-order chi connectivity index (χ0) is 22.6. The first-order valence-corrected chi connectivity index (χ1v) is 12.0. The summed E-state index contributed by atoms with van der Waals surface area (Å²) >= 11 is 1.31. The van der Waals surface area contributed by atoms with Gasteiger partial charge in [-0.05, 0) is 41.5 Å². The standard InChI is InChI=1S/C20H16ClN3O5S2/c1-13(25)22-20-23-18(11-6-14-2-7-16(8-3-14)24(26)27)19(30-20)12-15-4-9-17(10-5-15)31(21,28)29/h2-11H,12H2,1H3,(H,22,23,25). The van der Waals surface area contributed by atoms with E-state index >= 15 is 0 Å². The van der Waals surface area contributed by atoms with Crippen LogP contribution in [-0.2, 0) is 20.3 Å². The summed E-state index contributed by atoms with van der Waals surface area (Å²) in [5.41, 5.74) is 2.22. The van der Waals surface area contributed by atoms with Crippen LogP contribution in [0.3, 0.4) is 0 Å². The molecule has 8 nitrogen and oxygen atoms in total. The number of aromatic nitrogens is 1. The van der Waals surface area contributed by atoms with Crippen molar-refractivity contribution in [3.8, 4) is 0 Å². The van der Waals surface area contributed by atoms with Crippen LogP contribution in [0.25, 0.3) is 12.2 Å². The lowest BCUT2D eigenvalue weighted by atomic mass is 10.1. The second kappa shape index (κ2) is 9.38. The number of rotatable bonds is 7. The van der Waals surface area contributed by atoms with Crippen molar-refractivity contribution in [2.45, 2.75) is 18.2 Å². The third kappa shape index (κ3) is 6.20. The van der Waals surface area contributed by atoms with Gasteiger partial charge < -0.3 is 5.32 Å².